The predicted octanol–water partition coefficient (Wildman–Crippen LogP) is 3.24. The maximum atomic E-state index is 12.4. The van der Waals surface area contributed by atoms with Crippen LogP contribution in [0.15, 0.2) is 53.3 Å². The topological polar surface area (TPSA) is 104 Å². The summed E-state index contributed by atoms with van der Waals surface area (Å²) in [6, 6.07) is 11.9. The first-order valence-corrected chi connectivity index (χ1v) is 8.51. The molecular weight excluding hydrogens is 362 g/mol. The molecule has 1 N–H and O–H groups in total. The quantitative estimate of drug-likeness (QED) is 0.654. The number of methoxy groups -OCH3 is 1. The van der Waals surface area contributed by atoms with Gasteiger partial charge in [0, 0.05) is 5.56 Å². The molecule has 28 heavy (non-hydrogen) atoms. The van der Waals surface area contributed by atoms with Crippen molar-refractivity contribution in [2.45, 2.75) is 20.0 Å². The van der Waals surface area contributed by atoms with E-state index in [1.165, 1.54) is 20.4 Å². The average molecular weight is 381 g/mol. The molecule has 8 heteroatoms. The molecule has 0 aliphatic heterocycles. The van der Waals surface area contributed by atoms with Crippen molar-refractivity contribution < 1.29 is 23.5 Å². The lowest BCUT2D eigenvalue weighted by Crippen LogP contribution is -2.30. The number of esters is 1. The lowest BCUT2D eigenvalue weighted by Gasteiger charge is -2.15. The highest BCUT2D eigenvalue weighted by Gasteiger charge is 2.20. The van der Waals surface area contributed by atoms with Crippen LogP contribution in [-0.4, -0.2) is 35.3 Å². The minimum Gasteiger partial charge on any atom is -0.495 e. The first kappa shape index (κ1) is 19.1. The fraction of sp³-hybridized carbons (Fsp3) is 0.200. The van der Waals surface area contributed by atoms with E-state index in [0.717, 1.165) is 5.56 Å². The van der Waals surface area contributed by atoms with Crippen LogP contribution >= 0.6 is 0 Å². The van der Waals surface area contributed by atoms with Crippen LogP contribution in [-0.2, 0) is 9.53 Å². The summed E-state index contributed by atoms with van der Waals surface area (Å²) in [5, 5.41) is 10.1. The van der Waals surface area contributed by atoms with E-state index in [4.69, 9.17) is 13.9 Å². The number of nitrogens with one attached hydrogen (secondary N) is 1. The number of carbonyl (C=O) groups excluding carboxylic acids is 2. The molecular formula is C20H19N3O5. The van der Waals surface area contributed by atoms with Crippen LogP contribution in [0.3, 0.4) is 0 Å². The second-order valence-electron chi connectivity index (χ2n) is 6.06. The maximum absolute atomic E-state index is 12.4. The van der Waals surface area contributed by atoms with Gasteiger partial charge in [0.1, 0.15) is 5.75 Å². The molecule has 1 amide bonds. The molecule has 1 atom stereocenters. The second kappa shape index (κ2) is 8.34. The molecule has 0 unspecified atom stereocenters. The second-order valence-corrected chi connectivity index (χ2v) is 6.06. The van der Waals surface area contributed by atoms with Crippen molar-refractivity contribution in [3.8, 4) is 17.2 Å². The van der Waals surface area contributed by atoms with Crippen LogP contribution in [0.2, 0.25) is 0 Å². The van der Waals surface area contributed by atoms with Crippen molar-refractivity contribution in [3.63, 3.8) is 0 Å². The Morgan fingerprint density at radius 2 is 1.89 bits per heavy atom. The molecule has 0 saturated carbocycles. The van der Waals surface area contributed by atoms with Crippen LogP contribution in [0, 0.1) is 6.92 Å². The van der Waals surface area contributed by atoms with Gasteiger partial charge in [0.25, 0.3) is 5.91 Å². The summed E-state index contributed by atoms with van der Waals surface area (Å²) in [5.74, 6) is -0.204. The molecule has 3 aromatic rings. The molecule has 144 valence electrons. The zero-order valence-electron chi connectivity index (χ0n) is 15.6. The highest BCUT2D eigenvalue weighted by molar-refractivity contribution is 5.98. The van der Waals surface area contributed by atoms with Crippen molar-refractivity contribution in [2.24, 2.45) is 0 Å². The van der Waals surface area contributed by atoms with E-state index < -0.39 is 18.0 Å². The van der Waals surface area contributed by atoms with Gasteiger partial charge in [-0.05, 0) is 55.8 Å². The zero-order valence-corrected chi connectivity index (χ0v) is 15.6. The molecule has 8 nitrogen and oxygen atoms in total. The van der Waals surface area contributed by atoms with Gasteiger partial charge in [-0.2, -0.15) is 0 Å². The van der Waals surface area contributed by atoms with Crippen LogP contribution in [0.1, 0.15) is 22.8 Å². The third-order valence-corrected chi connectivity index (χ3v) is 3.99. The molecule has 3 rings (SSSR count). The molecule has 0 radical (unpaired) electrons. The van der Waals surface area contributed by atoms with E-state index in [9.17, 15) is 9.59 Å². The fourth-order valence-electron chi connectivity index (χ4n) is 2.48. The summed E-state index contributed by atoms with van der Waals surface area (Å²) >= 11 is 0. The van der Waals surface area contributed by atoms with Gasteiger partial charge in [-0.25, -0.2) is 4.79 Å². The van der Waals surface area contributed by atoms with Crippen molar-refractivity contribution in [1.82, 2.24) is 10.2 Å². The first-order chi connectivity index (χ1) is 13.5. The number of anilines is 1. The Kier molecular flexibility index (Phi) is 5.69. The predicted molar refractivity (Wildman–Crippen MR) is 101 cm³/mol. The number of benzene rings is 2. The molecule has 0 saturated heterocycles. The SMILES string of the molecule is COc1ccc(C)cc1NC(=O)[C@H](C)OC(=O)c1ccc(-c2nnco2)cc1. The Morgan fingerprint density at radius 3 is 2.54 bits per heavy atom. The third kappa shape index (κ3) is 4.35. The van der Waals surface area contributed by atoms with Crippen molar-refractivity contribution in [2.75, 3.05) is 12.4 Å². The minimum absolute atomic E-state index is 0.302. The average Bonchev–Trinajstić information content (AvgIpc) is 3.23. The number of hydrogen-bond acceptors (Lipinski definition) is 7. The summed E-state index contributed by atoms with van der Waals surface area (Å²) in [6.45, 7) is 3.40. The van der Waals surface area contributed by atoms with Crippen molar-refractivity contribution in [1.29, 1.82) is 0 Å². The van der Waals surface area contributed by atoms with E-state index in [-0.39, 0.29) is 0 Å². The lowest BCUT2D eigenvalue weighted by atomic mass is 10.1. The summed E-state index contributed by atoms with van der Waals surface area (Å²) < 4.78 is 15.6. The fourth-order valence-corrected chi connectivity index (χ4v) is 2.48. The normalized spacial score (nSPS) is 11.5. The molecule has 0 fully saturated rings. The summed E-state index contributed by atoms with van der Waals surface area (Å²) in [5.41, 5.74) is 2.45. The van der Waals surface area contributed by atoms with Gasteiger partial charge >= 0.3 is 5.97 Å². The zero-order chi connectivity index (χ0) is 20.1. The molecule has 0 spiro atoms. The molecule has 0 aliphatic rings. The standard InChI is InChI=1S/C20H19N3O5/c1-12-4-9-17(26-3)16(10-12)22-18(24)13(2)28-20(25)15-7-5-14(6-8-15)19-23-21-11-27-19/h4-11,13H,1-3H3,(H,22,24)/t13-/m0/s1. The van der Waals surface area contributed by atoms with Crippen molar-refractivity contribution in [3.05, 3.63) is 60.0 Å². The monoisotopic (exact) mass is 381 g/mol. The van der Waals surface area contributed by atoms with Crippen molar-refractivity contribution >= 4 is 17.6 Å². The minimum atomic E-state index is -0.992. The summed E-state index contributed by atoms with van der Waals surface area (Å²) in [6.07, 6.45) is 0.231. The number of ether oxygens (including phenoxy) is 2. The van der Waals surface area contributed by atoms with Gasteiger partial charge in [-0.1, -0.05) is 6.07 Å². The van der Waals surface area contributed by atoms with Crippen LogP contribution in [0.5, 0.6) is 5.75 Å². The largest absolute Gasteiger partial charge is 0.495 e. The first-order valence-electron chi connectivity index (χ1n) is 8.51. The highest BCUT2D eigenvalue weighted by Crippen LogP contribution is 2.25. The number of hydrogen-bond donors (Lipinski definition) is 1. The van der Waals surface area contributed by atoms with Gasteiger partial charge in [0.15, 0.2) is 6.10 Å². The van der Waals surface area contributed by atoms with Gasteiger partial charge in [0.2, 0.25) is 12.3 Å². The lowest BCUT2D eigenvalue weighted by molar-refractivity contribution is -0.123. The van der Waals surface area contributed by atoms with Gasteiger partial charge in [-0.15, -0.1) is 10.2 Å². The van der Waals surface area contributed by atoms with Gasteiger partial charge < -0.3 is 19.2 Å². The van der Waals surface area contributed by atoms with E-state index in [2.05, 4.69) is 15.5 Å². The van der Waals surface area contributed by atoms with E-state index in [1.54, 1.807) is 36.4 Å². The molecule has 0 aliphatic carbocycles. The van der Waals surface area contributed by atoms with Crippen LogP contribution in [0.25, 0.3) is 11.5 Å². The number of rotatable bonds is 6. The molecule has 1 heterocycles. The summed E-state index contributed by atoms with van der Waals surface area (Å²) in [4.78, 5) is 24.7. The Balaban J connectivity index is 1.63. The highest BCUT2D eigenvalue weighted by atomic mass is 16.5. The molecule has 1 aromatic heterocycles. The number of nitrogens with zero attached hydrogens (tertiary/aromatic N) is 2. The number of aromatic nitrogens is 2. The van der Waals surface area contributed by atoms with Gasteiger partial charge in [0.05, 0.1) is 18.4 Å². The summed E-state index contributed by atoms with van der Waals surface area (Å²) in [7, 11) is 1.52. The number of amides is 1. The van der Waals surface area contributed by atoms with Crippen LogP contribution in [0.4, 0.5) is 5.69 Å². The van der Waals surface area contributed by atoms with E-state index >= 15 is 0 Å². The molecule has 0 bridgehead atoms. The van der Waals surface area contributed by atoms with E-state index in [1.807, 2.05) is 13.0 Å². The smallest absolute Gasteiger partial charge is 0.338 e. The Morgan fingerprint density at radius 1 is 1.14 bits per heavy atom. The third-order valence-electron chi connectivity index (χ3n) is 3.99. The Bertz CT molecular complexity index is 968. The molecule has 2 aromatic carbocycles. The Labute approximate surface area is 161 Å². The Hall–Kier alpha value is -3.68. The van der Waals surface area contributed by atoms with E-state index in [0.29, 0.717) is 28.5 Å². The number of carbonyl (C=O) groups is 2. The van der Waals surface area contributed by atoms with Gasteiger partial charge in [-0.3, -0.25) is 4.79 Å². The number of aryl methyl sites for hydroxylation is 1. The van der Waals surface area contributed by atoms with Crippen LogP contribution < -0.4 is 10.1 Å². The maximum Gasteiger partial charge on any atom is 0.338 e.